The summed E-state index contributed by atoms with van der Waals surface area (Å²) >= 11 is 0. The fraction of sp³-hybridized carbons (Fsp3) is 0.385. The molecule has 0 saturated carbocycles. The smallest absolute Gasteiger partial charge is 0.251 e. The van der Waals surface area contributed by atoms with Crippen molar-refractivity contribution in [2.24, 2.45) is 13.0 Å². The number of piperidine rings is 3. The molecule has 3 aliphatic rings. The monoisotopic (exact) mass is 430 g/mol. The van der Waals surface area contributed by atoms with E-state index < -0.39 is 0 Å². The minimum Gasteiger partial charge on any atom is -0.497 e. The summed E-state index contributed by atoms with van der Waals surface area (Å²) in [5.41, 5.74) is 4.19. The highest BCUT2D eigenvalue weighted by molar-refractivity contribution is 5.94. The van der Waals surface area contributed by atoms with Gasteiger partial charge in [-0.3, -0.25) is 14.4 Å². The molecule has 6 nitrogen and oxygen atoms in total. The molecule has 1 amide bonds. The number of methoxy groups -OCH3 is 1. The Morgan fingerprint density at radius 1 is 1.16 bits per heavy atom. The van der Waals surface area contributed by atoms with E-state index in [1.54, 1.807) is 7.11 Å². The molecule has 1 N–H and O–H groups in total. The number of carbonyl (C=O) groups excluding carboxylic acids is 1. The van der Waals surface area contributed by atoms with Crippen LogP contribution in [0, 0.1) is 5.92 Å². The number of rotatable bonds is 6. The molecule has 3 aromatic rings. The Balaban J connectivity index is 1.23. The van der Waals surface area contributed by atoms with Crippen molar-refractivity contribution in [3.05, 3.63) is 71.9 Å². The summed E-state index contributed by atoms with van der Waals surface area (Å²) in [5, 5.41) is 7.94. The molecule has 3 saturated heterocycles. The number of benzene rings is 2. The minimum absolute atomic E-state index is 0.0222. The molecular weight excluding hydrogens is 400 g/mol. The molecule has 6 heteroatoms. The molecule has 2 bridgehead atoms. The third kappa shape index (κ3) is 4.02. The van der Waals surface area contributed by atoms with Gasteiger partial charge in [-0.1, -0.05) is 30.3 Å². The van der Waals surface area contributed by atoms with Crippen LogP contribution in [0.4, 0.5) is 0 Å². The Kier molecular flexibility index (Phi) is 5.70. The normalized spacial score (nSPS) is 24.3. The topological polar surface area (TPSA) is 59.4 Å². The lowest BCUT2D eigenvalue weighted by Crippen LogP contribution is -2.56. The highest BCUT2D eigenvalue weighted by Gasteiger charge is 2.41. The lowest BCUT2D eigenvalue weighted by Gasteiger charge is -2.50. The number of ether oxygens (including phenoxy) is 1. The number of nitrogens with zero attached hydrogens (tertiary/aromatic N) is 3. The van der Waals surface area contributed by atoms with E-state index in [4.69, 9.17) is 9.84 Å². The standard InChI is InChI=1S/C26H30N4O2/c1-29-25(15-24(28-29)18-6-4-3-5-7-18)23-17-30-13-12-20(23)14-21(30)16-27-26(31)19-8-10-22(32-2)11-9-19/h3-11,15,20-21,23H,12-14,16-17H2,1-2H3,(H,27,31)/t20-,21+,23+/m0/s1. The molecule has 6 rings (SSSR count). The van der Waals surface area contributed by atoms with Crippen LogP contribution < -0.4 is 10.1 Å². The van der Waals surface area contributed by atoms with E-state index in [1.165, 1.54) is 12.1 Å². The van der Waals surface area contributed by atoms with Crippen LogP contribution in [0.1, 0.15) is 34.8 Å². The number of nitrogens with one attached hydrogen (secondary N) is 1. The van der Waals surface area contributed by atoms with Crippen molar-refractivity contribution in [1.82, 2.24) is 20.0 Å². The zero-order chi connectivity index (χ0) is 22.1. The molecule has 166 valence electrons. The van der Waals surface area contributed by atoms with E-state index in [9.17, 15) is 4.79 Å². The first-order chi connectivity index (χ1) is 15.6. The van der Waals surface area contributed by atoms with Crippen LogP contribution in [0.25, 0.3) is 11.3 Å². The van der Waals surface area contributed by atoms with Gasteiger partial charge in [-0.15, -0.1) is 0 Å². The van der Waals surface area contributed by atoms with Crippen LogP contribution in [-0.2, 0) is 7.05 Å². The molecule has 2 aromatic carbocycles. The first-order valence-electron chi connectivity index (χ1n) is 11.4. The number of aromatic nitrogens is 2. The second kappa shape index (κ2) is 8.79. The van der Waals surface area contributed by atoms with Gasteiger partial charge in [0.05, 0.1) is 12.8 Å². The summed E-state index contributed by atoms with van der Waals surface area (Å²) in [6, 6.07) is 20.3. The van der Waals surface area contributed by atoms with Gasteiger partial charge in [0, 0.05) is 48.9 Å². The number of hydrogen-bond donors (Lipinski definition) is 1. The molecule has 0 radical (unpaired) electrons. The average molecular weight is 431 g/mol. The van der Waals surface area contributed by atoms with Gasteiger partial charge in [-0.2, -0.15) is 5.10 Å². The summed E-state index contributed by atoms with van der Waals surface area (Å²) in [4.78, 5) is 15.1. The second-order valence-corrected chi connectivity index (χ2v) is 8.92. The van der Waals surface area contributed by atoms with Gasteiger partial charge in [0.2, 0.25) is 0 Å². The van der Waals surface area contributed by atoms with E-state index in [2.05, 4.69) is 52.3 Å². The average Bonchev–Trinajstić information content (AvgIpc) is 3.25. The van der Waals surface area contributed by atoms with E-state index >= 15 is 0 Å². The fourth-order valence-electron chi connectivity index (χ4n) is 5.32. The van der Waals surface area contributed by atoms with Gasteiger partial charge in [0.25, 0.3) is 5.91 Å². The number of carbonyl (C=O) groups is 1. The van der Waals surface area contributed by atoms with Crippen molar-refractivity contribution in [3.8, 4) is 17.0 Å². The van der Waals surface area contributed by atoms with Crippen LogP contribution in [0.5, 0.6) is 5.75 Å². The van der Waals surface area contributed by atoms with Crippen LogP contribution in [0.3, 0.4) is 0 Å². The number of aryl methyl sites for hydroxylation is 1. The summed E-state index contributed by atoms with van der Waals surface area (Å²) < 4.78 is 7.24. The fourth-order valence-corrected chi connectivity index (χ4v) is 5.32. The third-order valence-electron chi connectivity index (χ3n) is 7.09. The van der Waals surface area contributed by atoms with Crippen LogP contribution in [0.2, 0.25) is 0 Å². The van der Waals surface area contributed by atoms with Gasteiger partial charge in [-0.05, 0) is 55.6 Å². The van der Waals surface area contributed by atoms with Crippen molar-refractivity contribution in [1.29, 1.82) is 0 Å². The van der Waals surface area contributed by atoms with Crippen LogP contribution in [-0.4, -0.2) is 53.4 Å². The first kappa shape index (κ1) is 20.8. The summed E-state index contributed by atoms with van der Waals surface area (Å²) in [5.74, 6) is 1.86. The number of fused-ring (bicyclic) bond motifs is 3. The summed E-state index contributed by atoms with van der Waals surface area (Å²) in [7, 11) is 3.69. The maximum Gasteiger partial charge on any atom is 0.251 e. The SMILES string of the molecule is COc1ccc(C(=O)NC[C@H]2C[C@@H]3CCN2C[C@H]3c2cc(-c3ccccc3)nn2C)cc1. The van der Waals surface area contributed by atoms with Crippen molar-refractivity contribution < 1.29 is 9.53 Å². The van der Waals surface area contributed by atoms with Crippen molar-refractivity contribution >= 4 is 5.91 Å². The zero-order valence-corrected chi connectivity index (χ0v) is 18.7. The number of hydrogen-bond acceptors (Lipinski definition) is 4. The maximum absolute atomic E-state index is 12.6. The van der Waals surface area contributed by atoms with E-state index in [0.29, 0.717) is 30.0 Å². The predicted molar refractivity (Wildman–Crippen MR) is 125 cm³/mol. The van der Waals surface area contributed by atoms with Crippen molar-refractivity contribution in [2.45, 2.75) is 24.8 Å². The Labute approximate surface area is 189 Å². The van der Waals surface area contributed by atoms with E-state index in [1.807, 2.05) is 30.3 Å². The van der Waals surface area contributed by atoms with Crippen LogP contribution >= 0.6 is 0 Å². The van der Waals surface area contributed by atoms with Gasteiger partial charge in [-0.25, -0.2) is 0 Å². The van der Waals surface area contributed by atoms with Gasteiger partial charge in [0.15, 0.2) is 0 Å². The van der Waals surface area contributed by atoms with Crippen LogP contribution in [0.15, 0.2) is 60.7 Å². The Morgan fingerprint density at radius 3 is 2.62 bits per heavy atom. The predicted octanol–water partition coefficient (Wildman–Crippen LogP) is 3.70. The number of amides is 1. The van der Waals surface area contributed by atoms with Crippen molar-refractivity contribution in [3.63, 3.8) is 0 Å². The lowest BCUT2D eigenvalue weighted by atomic mass is 9.74. The quantitative estimate of drug-likeness (QED) is 0.648. The van der Waals surface area contributed by atoms with Crippen molar-refractivity contribution in [2.75, 3.05) is 26.7 Å². The molecule has 3 fully saturated rings. The molecule has 0 spiro atoms. The molecule has 4 atom stereocenters. The Morgan fingerprint density at radius 2 is 1.94 bits per heavy atom. The van der Waals surface area contributed by atoms with E-state index in [0.717, 1.165) is 36.5 Å². The maximum atomic E-state index is 12.6. The zero-order valence-electron chi connectivity index (χ0n) is 18.7. The highest BCUT2D eigenvalue weighted by Crippen LogP contribution is 2.42. The molecular formula is C26H30N4O2. The largest absolute Gasteiger partial charge is 0.497 e. The Bertz CT molecular complexity index is 1080. The molecule has 4 heterocycles. The second-order valence-electron chi connectivity index (χ2n) is 8.92. The molecule has 32 heavy (non-hydrogen) atoms. The molecule has 3 aliphatic heterocycles. The first-order valence-corrected chi connectivity index (χ1v) is 11.4. The lowest BCUT2D eigenvalue weighted by molar-refractivity contribution is 0.0280. The summed E-state index contributed by atoms with van der Waals surface area (Å²) in [6.45, 7) is 2.82. The third-order valence-corrected chi connectivity index (χ3v) is 7.09. The minimum atomic E-state index is -0.0222. The van der Waals surface area contributed by atoms with Gasteiger partial charge >= 0.3 is 0 Å². The van der Waals surface area contributed by atoms with E-state index in [-0.39, 0.29) is 5.91 Å². The molecule has 0 aliphatic carbocycles. The van der Waals surface area contributed by atoms with Gasteiger partial charge < -0.3 is 10.1 Å². The Hall–Kier alpha value is -3.12. The van der Waals surface area contributed by atoms with Gasteiger partial charge in [0.1, 0.15) is 5.75 Å². The highest BCUT2D eigenvalue weighted by atomic mass is 16.5. The summed E-state index contributed by atoms with van der Waals surface area (Å²) in [6.07, 6.45) is 2.32. The molecule has 1 aromatic heterocycles. The molecule has 1 unspecified atom stereocenters.